The minimum atomic E-state index is -0.901. The summed E-state index contributed by atoms with van der Waals surface area (Å²) < 4.78 is 2.29. The van der Waals surface area contributed by atoms with Gasteiger partial charge in [-0.15, -0.1) is 0 Å². The lowest BCUT2D eigenvalue weighted by Crippen LogP contribution is -2.08. The third kappa shape index (κ3) is 2.20. The van der Waals surface area contributed by atoms with Gasteiger partial charge >= 0.3 is 5.97 Å². The second-order valence-corrected chi connectivity index (χ2v) is 6.50. The number of imidazole rings is 1. The minimum Gasteiger partial charge on any atom is -0.478 e. The zero-order chi connectivity index (χ0) is 14.3. The number of nitrogens with zero attached hydrogens (tertiary/aromatic N) is 2. The maximum Gasteiger partial charge on any atom is 0.335 e. The molecule has 0 radical (unpaired) electrons. The first-order valence-electron chi connectivity index (χ1n) is 6.85. The van der Waals surface area contributed by atoms with E-state index in [1.165, 1.54) is 19.3 Å². The molecule has 0 bridgehead atoms. The Morgan fingerprint density at radius 3 is 2.90 bits per heavy atom. The van der Waals surface area contributed by atoms with Crippen molar-refractivity contribution in [1.82, 2.24) is 9.55 Å². The Morgan fingerprint density at radius 2 is 2.25 bits per heavy atom. The first kappa shape index (κ1) is 13.5. The van der Waals surface area contributed by atoms with Crippen LogP contribution in [0.2, 0.25) is 0 Å². The molecule has 1 saturated carbocycles. The monoisotopic (exact) mass is 290 g/mol. The van der Waals surface area contributed by atoms with Gasteiger partial charge in [0.1, 0.15) is 5.82 Å². The lowest BCUT2D eigenvalue weighted by molar-refractivity contribution is 0.0697. The van der Waals surface area contributed by atoms with Gasteiger partial charge in [-0.1, -0.05) is 0 Å². The van der Waals surface area contributed by atoms with E-state index >= 15 is 0 Å². The molecule has 3 rings (SSSR count). The third-order valence-corrected chi connectivity index (χ3v) is 5.26. The van der Waals surface area contributed by atoms with E-state index in [2.05, 4.69) is 15.8 Å². The number of aromatic nitrogens is 2. The van der Waals surface area contributed by atoms with Crippen LogP contribution < -0.4 is 0 Å². The number of carbonyl (C=O) groups is 1. The number of carboxylic acid groups (broad SMARTS) is 1. The fourth-order valence-electron chi connectivity index (χ4n) is 3.18. The number of thioether (sulfide) groups is 1. The molecule has 1 aliphatic rings. The Kier molecular flexibility index (Phi) is 3.46. The highest BCUT2D eigenvalue weighted by Gasteiger charge is 2.27. The van der Waals surface area contributed by atoms with Crippen LogP contribution in [-0.2, 0) is 0 Å². The van der Waals surface area contributed by atoms with Crippen LogP contribution in [0, 0.1) is 6.92 Å². The Morgan fingerprint density at radius 1 is 1.45 bits per heavy atom. The van der Waals surface area contributed by atoms with Gasteiger partial charge in [-0.3, -0.25) is 0 Å². The molecule has 0 aliphatic heterocycles. The Bertz CT molecular complexity index is 665. The quantitative estimate of drug-likeness (QED) is 0.940. The van der Waals surface area contributed by atoms with Crippen LogP contribution in [0.1, 0.15) is 41.5 Å². The molecule has 5 heteroatoms. The predicted molar refractivity (Wildman–Crippen MR) is 81.6 cm³/mol. The van der Waals surface area contributed by atoms with Gasteiger partial charge in [-0.2, -0.15) is 11.8 Å². The van der Waals surface area contributed by atoms with E-state index in [0.29, 0.717) is 11.6 Å². The smallest absolute Gasteiger partial charge is 0.335 e. The second kappa shape index (κ2) is 5.13. The van der Waals surface area contributed by atoms with Crippen molar-refractivity contribution < 1.29 is 9.90 Å². The van der Waals surface area contributed by atoms with Crippen molar-refractivity contribution >= 4 is 28.8 Å². The van der Waals surface area contributed by atoms with Gasteiger partial charge < -0.3 is 9.67 Å². The summed E-state index contributed by atoms with van der Waals surface area (Å²) in [6.07, 6.45) is 5.77. The average molecular weight is 290 g/mol. The average Bonchev–Trinajstić information content (AvgIpc) is 3.00. The van der Waals surface area contributed by atoms with Crippen molar-refractivity contribution in [3.05, 3.63) is 29.6 Å². The molecule has 106 valence electrons. The Hall–Kier alpha value is -1.49. The molecular formula is C15H18N2O2S. The number of rotatable bonds is 3. The van der Waals surface area contributed by atoms with E-state index in [4.69, 9.17) is 5.11 Å². The topological polar surface area (TPSA) is 55.1 Å². The van der Waals surface area contributed by atoms with Crippen molar-refractivity contribution in [3.63, 3.8) is 0 Å². The summed E-state index contributed by atoms with van der Waals surface area (Å²) in [7, 11) is 0. The minimum absolute atomic E-state index is 0.301. The molecule has 2 unspecified atom stereocenters. The summed E-state index contributed by atoms with van der Waals surface area (Å²) in [6.45, 7) is 2.01. The summed E-state index contributed by atoms with van der Waals surface area (Å²) in [5.74, 6) is 0.0803. The molecule has 2 aromatic rings. The zero-order valence-corrected chi connectivity index (χ0v) is 12.5. The van der Waals surface area contributed by atoms with Gasteiger partial charge in [-0.25, -0.2) is 9.78 Å². The molecule has 1 aromatic carbocycles. The van der Waals surface area contributed by atoms with Crippen LogP contribution in [0.4, 0.5) is 0 Å². The Labute approximate surface area is 122 Å². The fraction of sp³-hybridized carbons (Fsp3) is 0.467. The van der Waals surface area contributed by atoms with E-state index in [1.807, 2.05) is 24.8 Å². The second-order valence-electron chi connectivity index (χ2n) is 5.36. The fourth-order valence-corrected chi connectivity index (χ4v) is 3.97. The van der Waals surface area contributed by atoms with E-state index in [0.717, 1.165) is 22.1 Å². The van der Waals surface area contributed by atoms with Gasteiger partial charge in [0.15, 0.2) is 0 Å². The van der Waals surface area contributed by atoms with Gasteiger partial charge in [0.25, 0.3) is 0 Å². The zero-order valence-electron chi connectivity index (χ0n) is 11.7. The predicted octanol–water partition coefficient (Wildman–Crippen LogP) is 3.50. The van der Waals surface area contributed by atoms with Gasteiger partial charge in [-0.05, 0) is 50.6 Å². The molecule has 4 nitrogen and oxygen atoms in total. The molecule has 2 atom stereocenters. The van der Waals surface area contributed by atoms with Gasteiger partial charge in [0.05, 0.1) is 16.6 Å². The summed E-state index contributed by atoms with van der Waals surface area (Å²) in [5, 5.41) is 9.79. The largest absolute Gasteiger partial charge is 0.478 e. The highest BCUT2D eigenvalue weighted by Crippen LogP contribution is 2.38. The van der Waals surface area contributed by atoms with E-state index in [1.54, 1.807) is 12.1 Å². The van der Waals surface area contributed by atoms with Gasteiger partial charge in [0, 0.05) is 11.3 Å². The molecule has 0 saturated heterocycles. The van der Waals surface area contributed by atoms with Crippen LogP contribution in [0.25, 0.3) is 11.0 Å². The molecule has 1 aliphatic carbocycles. The van der Waals surface area contributed by atoms with Crippen LogP contribution in [0.5, 0.6) is 0 Å². The van der Waals surface area contributed by atoms with Crippen LogP contribution in [-0.4, -0.2) is 32.1 Å². The van der Waals surface area contributed by atoms with E-state index in [9.17, 15) is 4.79 Å². The molecule has 1 aromatic heterocycles. The van der Waals surface area contributed by atoms with Crippen LogP contribution in [0.3, 0.4) is 0 Å². The standard InChI is InChI=1S/C15H18N2O2S/c1-9-16-13-7-10(15(18)19)3-6-14(13)17(9)11-4-5-12(8-11)20-2/h3,6-7,11-12H,4-5,8H2,1-2H3,(H,18,19). The van der Waals surface area contributed by atoms with Gasteiger partial charge in [0.2, 0.25) is 0 Å². The highest BCUT2D eigenvalue weighted by atomic mass is 32.2. The molecule has 0 amide bonds. The van der Waals surface area contributed by atoms with E-state index in [-0.39, 0.29) is 0 Å². The number of carboxylic acids is 1. The SMILES string of the molecule is CSC1CCC(n2c(C)nc3cc(C(=O)O)ccc32)C1. The summed E-state index contributed by atoms with van der Waals surface area (Å²) in [5.41, 5.74) is 2.14. The number of benzene rings is 1. The molecule has 20 heavy (non-hydrogen) atoms. The molecule has 1 heterocycles. The number of aryl methyl sites for hydroxylation is 1. The lowest BCUT2D eigenvalue weighted by Gasteiger charge is -2.15. The van der Waals surface area contributed by atoms with Crippen molar-refractivity contribution in [3.8, 4) is 0 Å². The van der Waals surface area contributed by atoms with Crippen molar-refractivity contribution in [1.29, 1.82) is 0 Å². The number of aromatic carboxylic acids is 1. The first-order valence-corrected chi connectivity index (χ1v) is 8.13. The Balaban J connectivity index is 2.03. The highest BCUT2D eigenvalue weighted by molar-refractivity contribution is 7.99. The first-order chi connectivity index (χ1) is 9.60. The van der Waals surface area contributed by atoms with Crippen molar-refractivity contribution in [2.75, 3.05) is 6.26 Å². The van der Waals surface area contributed by atoms with Crippen LogP contribution >= 0.6 is 11.8 Å². The summed E-state index contributed by atoms with van der Waals surface area (Å²) in [6, 6.07) is 5.73. The lowest BCUT2D eigenvalue weighted by atomic mass is 10.2. The summed E-state index contributed by atoms with van der Waals surface area (Å²) >= 11 is 1.94. The van der Waals surface area contributed by atoms with Crippen molar-refractivity contribution in [2.24, 2.45) is 0 Å². The molecule has 1 fully saturated rings. The molecule has 1 N–H and O–H groups in total. The number of hydrogen-bond donors (Lipinski definition) is 1. The van der Waals surface area contributed by atoms with Crippen LogP contribution in [0.15, 0.2) is 18.2 Å². The number of fused-ring (bicyclic) bond motifs is 1. The maximum absolute atomic E-state index is 11.0. The maximum atomic E-state index is 11.0. The molecular weight excluding hydrogens is 272 g/mol. The van der Waals surface area contributed by atoms with E-state index < -0.39 is 5.97 Å². The normalized spacial score (nSPS) is 22.5. The third-order valence-electron chi connectivity index (χ3n) is 4.17. The number of hydrogen-bond acceptors (Lipinski definition) is 3. The molecule has 0 spiro atoms. The summed E-state index contributed by atoms with van der Waals surface area (Å²) in [4.78, 5) is 15.6. The van der Waals surface area contributed by atoms with Crippen molar-refractivity contribution in [2.45, 2.75) is 37.5 Å².